The molecule has 1 atom stereocenters. The van der Waals surface area contributed by atoms with E-state index in [2.05, 4.69) is 46.7 Å². The van der Waals surface area contributed by atoms with Gasteiger partial charge < -0.3 is 15.5 Å². The maximum atomic E-state index is 12.1. The number of nitrogens with zero attached hydrogens (tertiary/aromatic N) is 1. The third kappa shape index (κ3) is 4.98. The lowest BCUT2D eigenvalue weighted by Crippen LogP contribution is -2.36. The molecule has 0 bridgehead atoms. The van der Waals surface area contributed by atoms with Gasteiger partial charge in [0, 0.05) is 6.54 Å². The van der Waals surface area contributed by atoms with Crippen LogP contribution >= 0.6 is 11.6 Å². The largest absolute Gasteiger partial charge is 0.336 e. The lowest BCUT2D eigenvalue weighted by molar-refractivity contribution is 0.243. The summed E-state index contributed by atoms with van der Waals surface area (Å²) < 4.78 is 0. The van der Waals surface area contributed by atoms with Gasteiger partial charge in [-0.2, -0.15) is 0 Å². The van der Waals surface area contributed by atoms with E-state index in [4.69, 9.17) is 11.6 Å². The summed E-state index contributed by atoms with van der Waals surface area (Å²) >= 11 is 6.06. The summed E-state index contributed by atoms with van der Waals surface area (Å²) in [4.78, 5) is 14.2. The van der Waals surface area contributed by atoms with Crippen molar-refractivity contribution < 1.29 is 4.79 Å². The summed E-state index contributed by atoms with van der Waals surface area (Å²) in [6.45, 7) is 2.65. The van der Waals surface area contributed by atoms with Gasteiger partial charge in [0.15, 0.2) is 0 Å². The van der Waals surface area contributed by atoms with Gasteiger partial charge in [-0.05, 0) is 43.8 Å². The number of benzene rings is 2. The number of urea groups is 1. The molecule has 24 heavy (non-hydrogen) atoms. The molecule has 0 saturated carbocycles. The van der Waals surface area contributed by atoms with E-state index >= 15 is 0 Å². The van der Waals surface area contributed by atoms with Gasteiger partial charge in [0.05, 0.1) is 16.8 Å². The van der Waals surface area contributed by atoms with Crippen molar-refractivity contribution in [1.82, 2.24) is 10.2 Å². The molecule has 2 N–H and O–H groups in total. The molecule has 4 nitrogen and oxygen atoms in total. The molecular formula is C19H24ClN3O. The number of carbonyl (C=O) groups excluding carboxylic acids is 1. The molecule has 0 heterocycles. The first-order valence-corrected chi connectivity index (χ1v) is 8.43. The van der Waals surface area contributed by atoms with Crippen molar-refractivity contribution in [3.05, 3.63) is 64.7 Å². The third-order valence-electron chi connectivity index (χ3n) is 3.97. The summed E-state index contributed by atoms with van der Waals surface area (Å²) in [6.07, 6.45) is 1.02. The monoisotopic (exact) mass is 345 g/mol. The number of hydrogen-bond acceptors (Lipinski definition) is 2. The molecule has 0 aromatic heterocycles. The van der Waals surface area contributed by atoms with Crippen LogP contribution in [0.1, 0.15) is 24.1 Å². The number of amides is 2. The van der Waals surface area contributed by atoms with Gasteiger partial charge in [-0.15, -0.1) is 0 Å². The van der Waals surface area contributed by atoms with E-state index in [9.17, 15) is 4.79 Å². The zero-order valence-corrected chi connectivity index (χ0v) is 15.1. The molecule has 0 radical (unpaired) electrons. The van der Waals surface area contributed by atoms with Gasteiger partial charge in [-0.25, -0.2) is 4.79 Å². The Balaban J connectivity index is 1.98. The second-order valence-corrected chi connectivity index (χ2v) is 6.30. The molecule has 2 amide bonds. The Morgan fingerprint density at radius 1 is 1.12 bits per heavy atom. The Hall–Kier alpha value is -2.04. The predicted molar refractivity (Wildman–Crippen MR) is 101 cm³/mol. The van der Waals surface area contributed by atoms with Crippen LogP contribution in [-0.4, -0.2) is 31.6 Å². The zero-order valence-electron chi connectivity index (χ0n) is 14.3. The van der Waals surface area contributed by atoms with Gasteiger partial charge in [0.25, 0.3) is 0 Å². The highest BCUT2D eigenvalue weighted by atomic mass is 35.5. The molecule has 2 aromatic carbocycles. The van der Waals surface area contributed by atoms with Crippen molar-refractivity contribution in [3.63, 3.8) is 0 Å². The molecule has 128 valence electrons. The predicted octanol–water partition coefficient (Wildman–Crippen LogP) is 4.33. The van der Waals surface area contributed by atoms with Crippen LogP contribution in [0.25, 0.3) is 0 Å². The van der Waals surface area contributed by atoms with Crippen molar-refractivity contribution in [2.45, 2.75) is 19.4 Å². The minimum absolute atomic E-state index is 0.105. The highest BCUT2D eigenvalue weighted by Crippen LogP contribution is 2.21. The van der Waals surface area contributed by atoms with Gasteiger partial charge in [-0.1, -0.05) is 54.9 Å². The fourth-order valence-electron chi connectivity index (χ4n) is 2.49. The molecule has 0 spiro atoms. The standard InChI is InChI=1S/C19H24ClN3O/c1-4-14-9-11-15(12-10-14)18(23(2)3)13-21-19(24)22-17-8-6-5-7-16(17)20/h5-12,18H,4,13H2,1-3H3,(H2,21,22,24). The van der Waals surface area contributed by atoms with Crippen LogP contribution in [0.15, 0.2) is 48.5 Å². The molecule has 0 aliphatic heterocycles. The summed E-state index contributed by atoms with van der Waals surface area (Å²) in [5.74, 6) is 0. The first-order chi connectivity index (χ1) is 11.5. The van der Waals surface area contributed by atoms with Crippen LogP contribution in [-0.2, 0) is 6.42 Å². The number of aryl methyl sites for hydroxylation is 1. The van der Waals surface area contributed by atoms with Crippen LogP contribution in [0.5, 0.6) is 0 Å². The molecule has 0 saturated heterocycles. The molecule has 0 aliphatic rings. The summed E-state index contributed by atoms with van der Waals surface area (Å²) in [6, 6.07) is 15.5. The molecule has 5 heteroatoms. The fourth-order valence-corrected chi connectivity index (χ4v) is 2.68. The molecule has 2 aromatic rings. The number of nitrogens with one attached hydrogen (secondary N) is 2. The van der Waals surface area contributed by atoms with E-state index < -0.39 is 0 Å². The number of halogens is 1. The molecular weight excluding hydrogens is 322 g/mol. The average Bonchev–Trinajstić information content (AvgIpc) is 2.57. The normalized spacial score (nSPS) is 12.0. The number of rotatable bonds is 6. The van der Waals surface area contributed by atoms with Crippen molar-refractivity contribution in [1.29, 1.82) is 0 Å². The van der Waals surface area contributed by atoms with Crippen LogP contribution in [0.2, 0.25) is 5.02 Å². The topological polar surface area (TPSA) is 44.4 Å². The minimum Gasteiger partial charge on any atom is -0.336 e. The first-order valence-electron chi connectivity index (χ1n) is 8.06. The van der Waals surface area contributed by atoms with Gasteiger partial charge in [-0.3, -0.25) is 0 Å². The zero-order chi connectivity index (χ0) is 17.5. The summed E-state index contributed by atoms with van der Waals surface area (Å²) in [5, 5.41) is 6.21. The second-order valence-electron chi connectivity index (χ2n) is 5.89. The third-order valence-corrected chi connectivity index (χ3v) is 4.30. The quantitative estimate of drug-likeness (QED) is 0.818. The average molecular weight is 346 g/mol. The Bertz CT molecular complexity index is 671. The summed E-state index contributed by atoms with van der Waals surface area (Å²) in [5.41, 5.74) is 3.08. The van der Waals surface area contributed by atoms with Crippen LogP contribution < -0.4 is 10.6 Å². The van der Waals surface area contributed by atoms with E-state index in [1.165, 1.54) is 11.1 Å². The number of para-hydroxylation sites is 1. The van der Waals surface area contributed by atoms with E-state index in [0.29, 0.717) is 17.3 Å². The van der Waals surface area contributed by atoms with Crippen LogP contribution in [0.3, 0.4) is 0 Å². The Kier molecular flexibility index (Phi) is 6.64. The van der Waals surface area contributed by atoms with E-state index in [0.717, 1.165) is 6.42 Å². The first kappa shape index (κ1) is 18.3. The lowest BCUT2D eigenvalue weighted by atomic mass is 10.0. The van der Waals surface area contributed by atoms with E-state index in [-0.39, 0.29) is 12.1 Å². The number of anilines is 1. The van der Waals surface area contributed by atoms with Crippen molar-refractivity contribution >= 4 is 23.3 Å². The SMILES string of the molecule is CCc1ccc(C(CNC(=O)Nc2ccccc2Cl)N(C)C)cc1. The Labute approximate surface area is 148 Å². The van der Waals surface area contributed by atoms with Gasteiger partial charge >= 0.3 is 6.03 Å². The highest BCUT2D eigenvalue weighted by Gasteiger charge is 2.15. The fraction of sp³-hybridized carbons (Fsp3) is 0.316. The molecule has 2 rings (SSSR count). The molecule has 1 unspecified atom stereocenters. The van der Waals surface area contributed by atoms with Gasteiger partial charge in [0.2, 0.25) is 0 Å². The Morgan fingerprint density at radius 2 is 1.79 bits per heavy atom. The maximum Gasteiger partial charge on any atom is 0.319 e. The van der Waals surface area contributed by atoms with Crippen molar-refractivity contribution in [2.75, 3.05) is 26.0 Å². The minimum atomic E-state index is -0.264. The number of hydrogen-bond donors (Lipinski definition) is 2. The number of carbonyl (C=O) groups is 1. The molecule has 0 fully saturated rings. The smallest absolute Gasteiger partial charge is 0.319 e. The van der Waals surface area contributed by atoms with Crippen LogP contribution in [0, 0.1) is 0 Å². The van der Waals surface area contributed by atoms with Crippen molar-refractivity contribution in [3.8, 4) is 0 Å². The van der Waals surface area contributed by atoms with E-state index in [1.54, 1.807) is 12.1 Å². The van der Waals surface area contributed by atoms with Crippen molar-refractivity contribution in [2.24, 2.45) is 0 Å². The lowest BCUT2D eigenvalue weighted by Gasteiger charge is -2.25. The molecule has 0 aliphatic carbocycles. The summed E-state index contributed by atoms with van der Waals surface area (Å²) in [7, 11) is 4.01. The van der Waals surface area contributed by atoms with E-state index in [1.807, 2.05) is 26.2 Å². The Morgan fingerprint density at radius 3 is 2.38 bits per heavy atom. The second kappa shape index (κ2) is 8.71. The van der Waals surface area contributed by atoms with Gasteiger partial charge in [0.1, 0.15) is 0 Å². The highest BCUT2D eigenvalue weighted by molar-refractivity contribution is 6.33. The maximum absolute atomic E-state index is 12.1. The number of likely N-dealkylation sites (N-methyl/N-ethyl adjacent to an activating group) is 1. The van der Waals surface area contributed by atoms with Crippen LogP contribution in [0.4, 0.5) is 10.5 Å².